The standard InChI is InChI=1S/C23H28N2O3S/c1-16(2)14-23(3,24)15-28-21-10-9-17(13-22(21)29(4,26)27)18-11-12-25-20-8-6-5-7-19(18)20/h5-13,16H,14-15,24H2,1-4H3/t23-/m1/s1. The summed E-state index contributed by atoms with van der Waals surface area (Å²) in [6, 6.07) is 14.9. The Morgan fingerprint density at radius 1 is 1.14 bits per heavy atom. The van der Waals surface area contributed by atoms with Crippen LogP contribution in [0.25, 0.3) is 22.0 Å². The number of hydrogen-bond donors (Lipinski definition) is 1. The van der Waals surface area contributed by atoms with E-state index in [1.807, 2.05) is 43.3 Å². The SMILES string of the molecule is CC(C)C[C@@](C)(N)COc1ccc(-c2ccnc3ccccc23)cc1S(C)(=O)=O. The zero-order valence-electron chi connectivity index (χ0n) is 17.3. The number of benzene rings is 2. The van der Waals surface area contributed by atoms with Gasteiger partial charge in [-0.3, -0.25) is 4.98 Å². The third kappa shape index (κ3) is 5.14. The van der Waals surface area contributed by atoms with Crippen LogP contribution in [0.1, 0.15) is 27.2 Å². The molecular weight excluding hydrogens is 384 g/mol. The van der Waals surface area contributed by atoms with Gasteiger partial charge in [0.1, 0.15) is 17.3 Å². The quantitative estimate of drug-likeness (QED) is 0.620. The van der Waals surface area contributed by atoms with E-state index in [0.29, 0.717) is 11.7 Å². The summed E-state index contributed by atoms with van der Waals surface area (Å²) < 4.78 is 30.9. The molecule has 2 N–H and O–H groups in total. The van der Waals surface area contributed by atoms with Crippen molar-refractivity contribution in [2.75, 3.05) is 12.9 Å². The van der Waals surface area contributed by atoms with Crippen LogP contribution in [0, 0.1) is 5.92 Å². The highest BCUT2D eigenvalue weighted by Gasteiger charge is 2.23. The van der Waals surface area contributed by atoms with Crippen LogP contribution < -0.4 is 10.5 Å². The number of ether oxygens (including phenoxy) is 1. The summed E-state index contributed by atoms with van der Waals surface area (Å²) in [6.45, 7) is 6.36. The van der Waals surface area contributed by atoms with Gasteiger partial charge in [0.2, 0.25) is 0 Å². The Bertz CT molecular complexity index is 1120. The van der Waals surface area contributed by atoms with Gasteiger partial charge in [0.05, 0.1) is 5.52 Å². The third-order valence-corrected chi connectivity index (χ3v) is 5.85. The number of rotatable bonds is 7. The Hall–Kier alpha value is -2.44. The summed E-state index contributed by atoms with van der Waals surface area (Å²) in [5.41, 5.74) is 8.37. The largest absolute Gasteiger partial charge is 0.490 e. The van der Waals surface area contributed by atoms with Crippen molar-refractivity contribution in [2.24, 2.45) is 11.7 Å². The molecule has 0 radical (unpaired) electrons. The second-order valence-electron chi connectivity index (χ2n) is 8.35. The molecule has 29 heavy (non-hydrogen) atoms. The summed E-state index contributed by atoms with van der Waals surface area (Å²) in [4.78, 5) is 4.54. The highest BCUT2D eigenvalue weighted by atomic mass is 32.2. The van der Waals surface area contributed by atoms with Crippen LogP contribution in [-0.4, -0.2) is 31.8 Å². The molecule has 3 aromatic rings. The van der Waals surface area contributed by atoms with E-state index in [1.165, 1.54) is 6.26 Å². The van der Waals surface area contributed by atoms with Gasteiger partial charge in [-0.25, -0.2) is 8.42 Å². The minimum absolute atomic E-state index is 0.163. The molecule has 0 aliphatic rings. The average molecular weight is 413 g/mol. The number of aromatic nitrogens is 1. The summed E-state index contributed by atoms with van der Waals surface area (Å²) in [7, 11) is -3.49. The smallest absolute Gasteiger partial charge is 0.179 e. The molecule has 0 aliphatic heterocycles. The first-order valence-electron chi connectivity index (χ1n) is 9.67. The number of hydrogen-bond acceptors (Lipinski definition) is 5. The maximum absolute atomic E-state index is 12.5. The molecule has 1 heterocycles. The van der Waals surface area contributed by atoms with E-state index in [2.05, 4.69) is 18.8 Å². The van der Waals surface area contributed by atoms with E-state index < -0.39 is 15.4 Å². The van der Waals surface area contributed by atoms with Crippen molar-refractivity contribution in [1.82, 2.24) is 4.98 Å². The van der Waals surface area contributed by atoms with Crippen LogP contribution in [0.15, 0.2) is 59.6 Å². The monoisotopic (exact) mass is 412 g/mol. The van der Waals surface area contributed by atoms with Crippen molar-refractivity contribution in [3.8, 4) is 16.9 Å². The molecule has 3 rings (SSSR count). The first-order chi connectivity index (χ1) is 13.6. The van der Waals surface area contributed by atoms with Crippen molar-refractivity contribution in [3.63, 3.8) is 0 Å². The molecule has 5 nitrogen and oxygen atoms in total. The molecule has 0 saturated heterocycles. The van der Waals surface area contributed by atoms with Gasteiger partial charge in [-0.1, -0.05) is 38.1 Å². The van der Waals surface area contributed by atoms with Gasteiger partial charge in [-0.2, -0.15) is 0 Å². The fourth-order valence-electron chi connectivity index (χ4n) is 3.67. The zero-order chi connectivity index (χ0) is 21.2. The first kappa shape index (κ1) is 21.3. The van der Waals surface area contributed by atoms with Crippen molar-refractivity contribution >= 4 is 20.7 Å². The maximum atomic E-state index is 12.5. The van der Waals surface area contributed by atoms with E-state index >= 15 is 0 Å². The summed E-state index contributed by atoms with van der Waals surface area (Å²) in [5, 5.41) is 0.967. The number of nitrogens with two attached hydrogens (primary N) is 1. The van der Waals surface area contributed by atoms with E-state index in [-0.39, 0.29) is 11.5 Å². The predicted octanol–water partition coefficient (Wildman–Crippen LogP) is 4.45. The van der Waals surface area contributed by atoms with E-state index in [0.717, 1.165) is 28.5 Å². The van der Waals surface area contributed by atoms with Crippen LogP contribution in [-0.2, 0) is 9.84 Å². The fourth-order valence-corrected chi connectivity index (χ4v) is 4.50. The Labute approximate surface area is 172 Å². The lowest BCUT2D eigenvalue weighted by Gasteiger charge is -2.27. The Morgan fingerprint density at radius 3 is 2.55 bits per heavy atom. The number of sulfone groups is 1. The molecule has 1 aromatic heterocycles. The van der Waals surface area contributed by atoms with Gasteiger partial charge < -0.3 is 10.5 Å². The van der Waals surface area contributed by atoms with E-state index in [4.69, 9.17) is 10.5 Å². The third-order valence-electron chi connectivity index (χ3n) is 4.74. The lowest BCUT2D eigenvalue weighted by Crippen LogP contribution is -2.43. The Morgan fingerprint density at radius 2 is 1.86 bits per heavy atom. The van der Waals surface area contributed by atoms with Gasteiger partial charge >= 0.3 is 0 Å². The van der Waals surface area contributed by atoms with Crippen molar-refractivity contribution in [2.45, 2.75) is 37.6 Å². The number of fused-ring (bicyclic) bond motifs is 1. The summed E-state index contributed by atoms with van der Waals surface area (Å²) in [6.07, 6.45) is 3.70. The van der Waals surface area contributed by atoms with Crippen molar-refractivity contribution in [1.29, 1.82) is 0 Å². The van der Waals surface area contributed by atoms with Crippen LogP contribution in [0.3, 0.4) is 0 Å². The van der Waals surface area contributed by atoms with Crippen LogP contribution in [0.4, 0.5) is 0 Å². The van der Waals surface area contributed by atoms with E-state index in [1.54, 1.807) is 18.3 Å². The lowest BCUT2D eigenvalue weighted by molar-refractivity contribution is 0.203. The van der Waals surface area contributed by atoms with Crippen molar-refractivity contribution < 1.29 is 13.2 Å². The second kappa shape index (κ2) is 8.13. The number of para-hydroxylation sites is 1. The Kier molecular flexibility index (Phi) is 5.96. The number of nitrogens with zero attached hydrogens (tertiary/aromatic N) is 1. The normalized spacial score (nSPS) is 14.1. The summed E-state index contributed by atoms with van der Waals surface area (Å²) >= 11 is 0. The van der Waals surface area contributed by atoms with Gasteiger partial charge in [0.15, 0.2) is 9.84 Å². The molecule has 0 aliphatic carbocycles. The topological polar surface area (TPSA) is 82.3 Å². The minimum atomic E-state index is -3.49. The molecule has 0 spiro atoms. The molecule has 2 aromatic carbocycles. The van der Waals surface area contributed by atoms with Gasteiger partial charge in [-0.05, 0) is 54.7 Å². The molecule has 0 saturated carbocycles. The summed E-state index contributed by atoms with van der Waals surface area (Å²) in [5.74, 6) is 0.750. The zero-order valence-corrected chi connectivity index (χ0v) is 18.2. The van der Waals surface area contributed by atoms with Crippen LogP contribution in [0.2, 0.25) is 0 Å². The van der Waals surface area contributed by atoms with E-state index in [9.17, 15) is 8.42 Å². The van der Waals surface area contributed by atoms with Crippen LogP contribution in [0.5, 0.6) is 5.75 Å². The maximum Gasteiger partial charge on any atom is 0.179 e. The molecular formula is C23H28N2O3S. The minimum Gasteiger partial charge on any atom is -0.490 e. The predicted molar refractivity (Wildman–Crippen MR) is 118 cm³/mol. The molecule has 0 fully saturated rings. The van der Waals surface area contributed by atoms with Crippen molar-refractivity contribution in [3.05, 3.63) is 54.7 Å². The molecule has 0 unspecified atom stereocenters. The number of pyridine rings is 1. The van der Waals surface area contributed by atoms with Crippen LogP contribution >= 0.6 is 0 Å². The lowest BCUT2D eigenvalue weighted by atomic mass is 9.93. The fraction of sp³-hybridized carbons (Fsp3) is 0.348. The molecule has 6 heteroatoms. The van der Waals surface area contributed by atoms with Gasteiger partial charge in [0, 0.05) is 23.4 Å². The van der Waals surface area contributed by atoms with Gasteiger partial charge in [-0.15, -0.1) is 0 Å². The molecule has 0 bridgehead atoms. The highest BCUT2D eigenvalue weighted by Crippen LogP contribution is 2.33. The highest BCUT2D eigenvalue weighted by molar-refractivity contribution is 7.90. The first-order valence-corrected chi connectivity index (χ1v) is 11.6. The molecule has 0 amide bonds. The second-order valence-corrected chi connectivity index (χ2v) is 10.3. The molecule has 1 atom stereocenters. The Balaban J connectivity index is 2.01. The van der Waals surface area contributed by atoms with Gasteiger partial charge in [0.25, 0.3) is 0 Å². The molecule has 154 valence electrons. The average Bonchev–Trinajstić information content (AvgIpc) is 2.64.